The number of benzene rings is 2. The molecule has 6 rings (SSSR count). The van der Waals surface area contributed by atoms with E-state index in [-0.39, 0.29) is 42.1 Å². The van der Waals surface area contributed by atoms with Crippen LogP contribution >= 0.6 is 45.3 Å². The van der Waals surface area contributed by atoms with E-state index in [1.165, 1.54) is 12.2 Å². The highest BCUT2D eigenvalue weighted by atomic mass is 32.1. The van der Waals surface area contributed by atoms with Crippen LogP contribution in [0, 0.1) is 0 Å². The van der Waals surface area contributed by atoms with E-state index in [1.807, 2.05) is 0 Å². The molecule has 0 unspecified atom stereocenters. The molecule has 64 heavy (non-hydrogen) atoms. The number of rotatable bonds is 12. The molecule has 0 nitrogen and oxygen atoms in total. The molecule has 4 heterocycles. The third-order valence-corrected chi connectivity index (χ3v) is 13.8. The quantitative estimate of drug-likeness (QED) is 0.107. The average molecular weight is 1040 g/mol. The van der Waals surface area contributed by atoms with Crippen molar-refractivity contribution >= 4 is 97.8 Å². The fourth-order valence-electron chi connectivity index (χ4n) is 5.79. The summed E-state index contributed by atoms with van der Waals surface area (Å²) in [5, 5.41) is -1.18. The van der Waals surface area contributed by atoms with Gasteiger partial charge in [-0.2, -0.15) is 114 Å². The van der Waals surface area contributed by atoms with Crippen molar-refractivity contribution < 1.29 is 114 Å². The van der Waals surface area contributed by atoms with Crippen LogP contribution in [-0.2, 0) is 11.8 Å². The Morgan fingerprint density at radius 3 is 0.781 bits per heavy atom. The fourth-order valence-corrected chi connectivity index (χ4v) is 9.92. The van der Waals surface area contributed by atoms with Crippen LogP contribution in [0.1, 0.15) is 19.5 Å². The van der Waals surface area contributed by atoms with Crippen LogP contribution in [0.5, 0.6) is 0 Å². The summed E-state index contributed by atoms with van der Waals surface area (Å²) in [6, 6.07) is 6.58. The molecule has 4 aromatic heterocycles. The number of alkyl halides is 26. The first kappa shape index (κ1) is 49.6. The van der Waals surface area contributed by atoms with Gasteiger partial charge in [-0.1, -0.05) is 0 Å². The summed E-state index contributed by atoms with van der Waals surface area (Å²) in [5.41, 5.74) is 0. The molecule has 0 fully saturated rings. The van der Waals surface area contributed by atoms with Crippen LogP contribution < -0.4 is 0 Å². The zero-order chi connectivity index (χ0) is 48.8. The third-order valence-electron chi connectivity index (χ3n) is 9.33. The molecule has 0 amide bonds. The maximum Gasteiger partial charge on any atom is 0.460 e. The fraction of sp³-hybridized carbons (Fsp3) is 0.353. The summed E-state index contributed by atoms with van der Waals surface area (Å²) in [5.74, 6) is -76.3. The summed E-state index contributed by atoms with van der Waals surface area (Å²) in [6.45, 7) is 0. The molecule has 352 valence electrons. The monoisotopic (exact) mass is 1040 g/mol. The zero-order valence-electron chi connectivity index (χ0n) is 29.2. The Labute approximate surface area is 351 Å². The second-order valence-corrected chi connectivity index (χ2v) is 17.8. The van der Waals surface area contributed by atoms with E-state index >= 15 is 0 Å². The molecular weight excluding hydrogens is 1030 g/mol. The Morgan fingerprint density at radius 1 is 0.281 bits per heavy atom. The van der Waals surface area contributed by atoms with Gasteiger partial charge < -0.3 is 0 Å². The van der Waals surface area contributed by atoms with E-state index in [2.05, 4.69) is 0 Å². The molecule has 2 aromatic carbocycles. The second-order valence-electron chi connectivity index (χ2n) is 13.4. The van der Waals surface area contributed by atoms with Crippen molar-refractivity contribution in [3.05, 3.63) is 68.0 Å². The van der Waals surface area contributed by atoms with Crippen molar-refractivity contribution in [3.63, 3.8) is 0 Å². The minimum atomic E-state index is -8.11. The van der Waals surface area contributed by atoms with Crippen molar-refractivity contribution in [1.82, 2.24) is 0 Å². The lowest BCUT2D eigenvalue weighted by Gasteiger charge is -2.39. The summed E-state index contributed by atoms with van der Waals surface area (Å²) in [7, 11) is 0. The summed E-state index contributed by atoms with van der Waals surface area (Å²) in [6.07, 6.45) is -12.7. The molecule has 0 aliphatic rings. The van der Waals surface area contributed by atoms with Gasteiger partial charge in [-0.3, -0.25) is 0 Å². The van der Waals surface area contributed by atoms with Crippen LogP contribution in [0.25, 0.3) is 52.5 Å². The summed E-state index contributed by atoms with van der Waals surface area (Å²) in [4.78, 5) is -4.08. The van der Waals surface area contributed by atoms with Gasteiger partial charge in [0.05, 0.1) is 9.75 Å². The Morgan fingerprint density at radius 2 is 0.516 bits per heavy atom. The minimum absolute atomic E-state index is 0.0722. The topological polar surface area (TPSA) is 0 Å². The van der Waals surface area contributed by atoms with Crippen molar-refractivity contribution in [2.24, 2.45) is 0 Å². The maximum atomic E-state index is 15.0. The highest BCUT2D eigenvalue weighted by Gasteiger charge is 2.92. The average Bonchev–Trinajstić information content (AvgIpc) is 3.95. The number of fused-ring (bicyclic) bond motifs is 6. The van der Waals surface area contributed by atoms with Gasteiger partial charge in [0, 0.05) is 50.1 Å². The van der Waals surface area contributed by atoms with Gasteiger partial charge in [-0.05, 0) is 60.7 Å². The molecule has 0 atom stereocenters. The highest BCUT2D eigenvalue weighted by Crippen LogP contribution is 2.65. The molecule has 0 aliphatic heterocycles. The smallest absolute Gasteiger partial charge is 0.193 e. The lowest BCUT2D eigenvalue weighted by Crippen LogP contribution is -2.69. The van der Waals surface area contributed by atoms with Gasteiger partial charge in [0.1, 0.15) is 0 Å². The molecule has 6 aromatic rings. The number of hydrogen-bond acceptors (Lipinski definition) is 4. The number of thiophene rings is 4. The summed E-state index contributed by atoms with van der Waals surface area (Å²) < 4.78 is 357. The van der Waals surface area contributed by atoms with Crippen molar-refractivity contribution in [2.75, 3.05) is 0 Å². The number of halogens is 26. The van der Waals surface area contributed by atoms with E-state index in [1.54, 1.807) is 0 Å². The molecule has 0 saturated heterocycles. The Kier molecular flexibility index (Phi) is 11.1. The standard InChI is InChI=1S/C34H10F26S4/c35-23(36,25(39,40)27(43,44)29(47,48)31(51,52)33(55,56)57)21-9-15-13-7-11(61-17(13)3-5-19(15)63-21)1-2-12-8-14-16-10-22(64-20(16)6-4-18(14)62-12)24(37,38)26(41,42)28(45,46)30(49,50)32(53,54)34(58,59)60/h1-10H/b2-1+. The Bertz CT molecular complexity index is 2600. The lowest BCUT2D eigenvalue weighted by molar-refractivity contribution is -0.441. The first-order chi connectivity index (χ1) is 28.6. The van der Waals surface area contributed by atoms with Gasteiger partial charge in [0.25, 0.3) is 0 Å². The second kappa shape index (κ2) is 14.4. The molecule has 0 saturated carbocycles. The first-order valence-electron chi connectivity index (χ1n) is 16.1. The largest absolute Gasteiger partial charge is 0.460 e. The van der Waals surface area contributed by atoms with E-state index < -0.39 is 124 Å². The first-order valence-corrected chi connectivity index (χ1v) is 19.4. The van der Waals surface area contributed by atoms with Crippen molar-refractivity contribution in [1.29, 1.82) is 0 Å². The van der Waals surface area contributed by atoms with Gasteiger partial charge in [-0.15, -0.1) is 45.3 Å². The van der Waals surface area contributed by atoms with Crippen LogP contribution in [0.3, 0.4) is 0 Å². The van der Waals surface area contributed by atoms with E-state index in [0.29, 0.717) is 0 Å². The van der Waals surface area contributed by atoms with Crippen LogP contribution in [0.2, 0.25) is 0 Å². The van der Waals surface area contributed by atoms with Crippen LogP contribution in [0.4, 0.5) is 114 Å². The normalized spacial score (nSPS) is 15.6. The predicted molar refractivity (Wildman–Crippen MR) is 183 cm³/mol. The minimum Gasteiger partial charge on any atom is -0.193 e. The molecule has 0 N–H and O–H groups in total. The van der Waals surface area contributed by atoms with Crippen molar-refractivity contribution in [2.45, 2.75) is 71.6 Å². The van der Waals surface area contributed by atoms with Gasteiger partial charge in [0.15, 0.2) is 0 Å². The highest BCUT2D eigenvalue weighted by molar-refractivity contribution is 7.22. The van der Waals surface area contributed by atoms with Gasteiger partial charge in [0.2, 0.25) is 0 Å². The Balaban J connectivity index is 1.32. The van der Waals surface area contributed by atoms with Gasteiger partial charge >= 0.3 is 71.6 Å². The van der Waals surface area contributed by atoms with Crippen LogP contribution in [-0.4, -0.2) is 59.7 Å². The van der Waals surface area contributed by atoms with Crippen LogP contribution in [0.15, 0.2) is 48.5 Å². The van der Waals surface area contributed by atoms with Gasteiger partial charge in [-0.25, -0.2) is 0 Å². The van der Waals surface area contributed by atoms with E-state index in [4.69, 9.17) is 0 Å². The molecule has 0 aliphatic carbocycles. The molecular formula is C34H10F26S4. The zero-order valence-corrected chi connectivity index (χ0v) is 32.5. The molecule has 0 radical (unpaired) electrons. The maximum absolute atomic E-state index is 15.0. The third kappa shape index (κ3) is 6.65. The molecule has 30 heteroatoms. The van der Waals surface area contributed by atoms with Crippen molar-refractivity contribution in [3.8, 4) is 0 Å². The van der Waals surface area contributed by atoms with E-state index in [0.717, 1.165) is 59.1 Å². The number of hydrogen-bond donors (Lipinski definition) is 0. The Hall–Kier alpha value is -3.80. The molecule has 0 spiro atoms. The molecule has 0 bridgehead atoms. The lowest BCUT2D eigenvalue weighted by atomic mass is 9.93. The SMILES string of the molecule is FC(F)(F)C(F)(F)C(F)(F)C(F)(F)C(F)(F)C(F)(F)c1cc2c(ccc3sc(/C=C/c4cc5c(ccc6sc(C(F)(F)C(F)(F)C(F)(F)C(F)(F)C(F)(F)C(F)(F)F)cc65)s4)cc32)s1. The summed E-state index contributed by atoms with van der Waals surface area (Å²) >= 11 is 0.699. The van der Waals surface area contributed by atoms with E-state index in [9.17, 15) is 114 Å². The predicted octanol–water partition coefficient (Wildman–Crippen LogP) is 17.1.